The van der Waals surface area contributed by atoms with Crippen LogP contribution in [-0.2, 0) is 0 Å². The summed E-state index contributed by atoms with van der Waals surface area (Å²) in [5, 5.41) is 7.60. The lowest BCUT2D eigenvalue weighted by atomic mass is 9.95. The molecule has 0 N–H and O–H groups in total. The van der Waals surface area contributed by atoms with Gasteiger partial charge in [0.1, 0.15) is 0 Å². The topological polar surface area (TPSA) is 3.24 Å². The highest BCUT2D eigenvalue weighted by Gasteiger charge is 2.22. The van der Waals surface area contributed by atoms with Crippen molar-refractivity contribution < 1.29 is 0 Å². The van der Waals surface area contributed by atoms with Gasteiger partial charge in [0.05, 0.1) is 16.1 Å². The quantitative estimate of drug-likeness (QED) is 0.169. The highest BCUT2D eigenvalue weighted by atomic mass is 32.1. The Bertz CT molecular complexity index is 2890. The maximum absolute atomic E-state index is 2.48. The fraction of sp³-hybridized carbons (Fsp3) is 0. The van der Waals surface area contributed by atoms with E-state index in [-0.39, 0.29) is 0 Å². The zero-order chi connectivity index (χ0) is 34.4. The third-order valence-corrected chi connectivity index (χ3v) is 11.5. The normalized spacial score (nSPS) is 11.5. The van der Waals surface area contributed by atoms with Crippen molar-refractivity contribution in [1.82, 2.24) is 0 Å². The lowest BCUT2D eigenvalue weighted by Gasteiger charge is -2.28. The van der Waals surface area contributed by atoms with Crippen LogP contribution in [0.2, 0.25) is 0 Å². The molecule has 0 unspecified atom stereocenters. The molecule has 0 bridgehead atoms. The van der Waals surface area contributed by atoms with Gasteiger partial charge in [-0.05, 0) is 74.3 Å². The number of rotatable bonds is 6. The number of nitrogens with zero attached hydrogens (tertiary/aromatic N) is 1. The molecule has 0 atom stereocenters. The molecule has 10 rings (SSSR count). The maximum atomic E-state index is 2.48. The maximum Gasteiger partial charge on any atom is 0.0640 e. The number of benzene rings is 9. The third kappa shape index (κ3) is 5.16. The molecule has 244 valence electrons. The first-order valence-corrected chi connectivity index (χ1v) is 18.6. The molecule has 0 saturated heterocycles. The van der Waals surface area contributed by atoms with Crippen molar-refractivity contribution in [2.24, 2.45) is 0 Å². The van der Waals surface area contributed by atoms with Gasteiger partial charge in [-0.1, -0.05) is 170 Å². The minimum Gasteiger partial charge on any atom is -0.308 e. The number of hydrogen-bond acceptors (Lipinski definition) is 2. The summed E-state index contributed by atoms with van der Waals surface area (Å²) >= 11 is 1.90. The molecule has 1 aromatic heterocycles. The summed E-state index contributed by atoms with van der Waals surface area (Å²) in [7, 11) is 0. The first-order valence-electron chi connectivity index (χ1n) is 17.8. The molecule has 9 aromatic carbocycles. The molecule has 0 amide bonds. The van der Waals surface area contributed by atoms with E-state index in [1.54, 1.807) is 0 Å². The largest absolute Gasteiger partial charge is 0.308 e. The second kappa shape index (κ2) is 12.7. The van der Waals surface area contributed by atoms with Gasteiger partial charge in [-0.2, -0.15) is 0 Å². The van der Waals surface area contributed by atoms with E-state index in [1.807, 2.05) is 11.3 Å². The summed E-state index contributed by atoms with van der Waals surface area (Å²) < 4.78 is 2.59. The van der Waals surface area contributed by atoms with Crippen LogP contribution in [0.5, 0.6) is 0 Å². The van der Waals surface area contributed by atoms with Crippen molar-refractivity contribution in [2.75, 3.05) is 4.90 Å². The Morgan fingerprint density at radius 2 is 0.865 bits per heavy atom. The highest BCUT2D eigenvalue weighted by molar-refractivity contribution is 7.27. The predicted octanol–water partition coefficient (Wildman–Crippen LogP) is 14.8. The number of hydrogen-bond donors (Lipinski definition) is 0. The highest BCUT2D eigenvalue weighted by Crippen LogP contribution is 2.49. The minimum absolute atomic E-state index is 1.13. The summed E-state index contributed by atoms with van der Waals surface area (Å²) in [4.78, 5) is 2.48. The first kappa shape index (κ1) is 30.4. The van der Waals surface area contributed by atoms with Gasteiger partial charge < -0.3 is 4.90 Å². The molecule has 1 nitrogen and oxygen atoms in total. The van der Waals surface area contributed by atoms with E-state index in [2.05, 4.69) is 205 Å². The molecule has 2 heteroatoms. The molecule has 1 heterocycles. The monoisotopic (exact) mass is 679 g/mol. The Morgan fingerprint density at radius 3 is 1.67 bits per heavy atom. The average molecular weight is 680 g/mol. The molecule has 0 saturated carbocycles. The van der Waals surface area contributed by atoms with E-state index in [0.29, 0.717) is 0 Å². The van der Waals surface area contributed by atoms with Crippen molar-refractivity contribution in [3.8, 4) is 33.4 Å². The van der Waals surface area contributed by atoms with Crippen molar-refractivity contribution in [3.05, 3.63) is 200 Å². The van der Waals surface area contributed by atoms with Crippen LogP contribution in [0, 0.1) is 0 Å². The van der Waals surface area contributed by atoms with Gasteiger partial charge in [-0.3, -0.25) is 0 Å². The van der Waals surface area contributed by atoms with Crippen molar-refractivity contribution in [3.63, 3.8) is 0 Å². The predicted molar refractivity (Wildman–Crippen MR) is 225 cm³/mol. The van der Waals surface area contributed by atoms with E-state index in [9.17, 15) is 0 Å². The van der Waals surface area contributed by atoms with E-state index in [1.165, 1.54) is 80.8 Å². The second-order valence-corrected chi connectivity index (χ2v) is 14.3. The molecule has 10 aromatic rings. The Hall–Kier alpha value is -6.48. The summed E-state index contributed by atoms with van der Waals surface area (Å²) in [6.45, 7) is 0. The molecule has 0 aliphatic carbocycles. The molecular weight excluding hydrogens is 647 g/mol. The molecule has 52 heavy (non-hydrogen) atoms. The van der Waals surface area contributed by atoms with Crippen LogP contribution >= 0.6 is 11.3 Å². The molecule has 0 spiro atoms. The fourth-order valence-electron chi connectivity index (χ4n) is 7.75. The first-order chi connectivity index (χ1) is 25.8. The summed E-state index contributed by atoms with van der Waals surface area (Å²) in [6, 6.07) is 72.8. The lowest BCUT2D eigenvalue weighted by Crippen LogP contribution is -2.11. The zero-order valence-corrected chi connectivity index (χ0v) is 29.2. The van der Waals surface area contributed by atoms with Gasteiger partial charge >= 0.3 is 0 Å². The molecule has 0 radical (unpaired) electrons. The third-order valence-electron chi connectivity index (χ3n) is 10.2. The standard InChI is InChI=1S/C50H33NS/c1-3-14-34(15-4-1)36-26-28-38(29-27-36)41-20-11-12-24-47(41)51(40-31-30-35-16-7-8-19-39(35)32-40)48-25-13-23-44-46-33-45(37-17-5-2-6-18-37)42-21-9-10-22-43(42)49(46)52-50(44)48/h1-33H. The fourth-order valence-corrected chi connectivity index (χ4v) is 9.07. The van der Waals surface area contributed by atoms with E-state index in [0.717, 1.165) is 11.4 Å². The Kier molecular flexibility index (Phi) is 7.41. The molecule has 0 aliphatic heterocycles. The lowest BCUT2D eigenvalue weighted by molar-refractivity contribution is 1.31. The van der Waals surface area contributed by atoms with Gasteiger partial charge in [0.25, 0.3) is 0 Å². The van der Waals surface area contributed by atoms with Gasteiger partial charge in [0.2, 0.25) is 0 Å². The summed E-state index contributed by atoms with van der Waals surface area (Å²) in [5.41, 5.74) is 10.8. The Morgan fingerprint density at radius 1 is 0.308 bits per heavy atom. The smallest absolute Gasteiger partial charge is 0.0640 e. The minimum atomic E-state index is 1.13. The van der Waals surface area contributed by atoms with Crippen LogP contribution in [0.3, 0.4) is 0 Å². The van der Waals surface area contributed by atoms with Crippen LogP contribution in [0.25, 0.3) is 75.1 Å². The van der Waals surface area contributed by atoms with Crippen molar-refractivity contribution in [2.45, 2.75) is 0 Å². The number of fused-ring (bicyclic) bond motifs is 6. The molecule has 0 fully saturated rings. The van der Waals surface area contributed by atoms with Gasteiger partial charge in [-0.25, -0.2) is 0 Å². The number of anilines is 3. The van der Waals surface area contributed by atoms with Gasteiger partial charge in [-0.15, -0.1) is 11.3 Å². The molecular formula is C50H33NS. The summed E-state index contributed by atoms with van der Waals surface area (Å²) in [6.07, 6.45) is 0. The number of para-hydroxylation sites is 1. The van der Waals surface area contributed by atoms with Crippen molar-refractivity contribution in [1.29, 1.82) is 0 Å². The Labute approximate surface area is 307 Å². The second-order valence-electron chi connectivity index (χ2n) is 13.3. The molecule has 0 aliphatic rings. The SMILES string of the molecule is c1ccc(-c2ccc(-c3ccccc3N(c3ccc4ccccc4c3)c3cccc4c3sc3c5ccccc5c(-c5ccccc5)cc43)cc2)cc1. The zero-order valence-electron chi connectivity index (χ0n) is 28.4. The average Bonchev–Trinajstić information content (AvgIpc) is 3.61. The van der Waals surface area contributed by atoms with E-state index < -0.39 is 0 Å². The van der Waals surface area contributed by atoms with E-state index >= 15 is 0 Å². The van der Waals surface area contributed by atoms with Gasteiger partial charge in [0, 0.05) is 32.1 Å². The summed E-state index contributed by atoms with van der Waals surface area (Å²) in [5.74, 6) is 0. The van der Waals surface area contributed by atoms with Crippen LogP contribution in [0.1, 0.15) is 0 Å². The number of thiophene rings is 1. The van der Waals surface area contributed by atoms with Crippen LogP contribution in [0.15, 0.2) is 200 Å². The van der Waals surface area contributed by atoms with Crippen LogP contribution in [-0.4, -0.2) is 0 Å². The van der Waals surface area contributed by atoms with Crippen LogP contribution < -0.4 is 4.90 Å². The van der Waals surface area contributed by atoms with Crippen molar-refractivity contribution >= 4 is 70.1 Å². The van der Waals surface area contributed by atoms with Gasteiger partial charge in [0.15, 0.2) is 0 Å². The Balaban J connectivity index is 1.22. The van der Waals surface area contributed by atoms with E-state index in [4.69, 9.17) is 0 Å². The van der Waals surface area contributed by atoms with Crippen LogP contribution in [0.4, 0.5) is 17.1 Å².